The van der Waals surface area contributed by atoms with E-state index in [0.29, 0.717) is 23.9 Å². The number of aromatic nitrogens is 3. The fraction of sp³-hybridized carbons (Fsp3) is 0.0625. The maximum absolute atomic E-state index is 6.65. The molecule has 1 aliphatic carbocycles. The number of fused-ring (bicyclic) bond motifs is 9. The monoisotopic (exact) mass is 681 g/mol. The summed E-state index contributed by atoms with van der Waals surface area (Å²) < 4.78 is 12.8. The maximum atomic E-state index is 6.65. The first-order valence-corrected chi connectivity index (χ1v) is 18.0. The molecule has 0 saturated heterocycles. The minimum Gasteiger partial charge on any atom is -0.456 e. The van der Waals surface area contributed by atoms with E-state index in [-0.39, 0.29) is 0 Å². The molecular formula is C48H31N3O2. The van der Waals surface area contributed by atoms with Gasteiger partial charge in [0.2, 0.25) is 0 Å². The molecule has 0 N–H and O–H groups in total. The van der Waals surface area contributed by atoms with Crippen molar-refractivity contribution < 1.29 is 8.83 Å². The van der Waals surface area contributed by atoms with Gasteiger partial charge in [-0.25, -0.2) is 15.0 Å². The molecule has 0 radical (unpaired) electrons. The van der Waals surface area contributed by atoms with Gasteiger partial charge in [-0.15, -0.1) is 0 Å². The number of rotatable bonds is 4. The molecule has 7 aromatic carbocycles. The highest BCUT2D eigenvalue weighted by Crippen LogP contribution is 2.50. The minimum atomic E-state index is -0.659. The summed E-state index contributed by atoms with van der Waals surface area (Å²) in [6, 6.07) is 52.6. The molecule has 10 aromatic rings. The van der Waals surface area contributed by atoms with E-state index in [1.165, 1.54) is 16.2 Å². The second-order valence-corrected chi connectivity index (χ2v) is 14.2. The molecule has 0 saturated carbocycles. The number of hydrogen-bond acceptors (Lipinski definition) is 5. The van der Waals surface area contributed by atoms with Crippen LogP contribution in [0.4, 0.5) is 0 Å². The third-order valence-corrected chi connectivity index (χ3v) is 10.9. The van der Waals surface area contributed by atoms with Crippen molar-refractivity contribution in [3.63, 3.8) is 0 Å². The number of furan rings is 2. The van der Waals surface area contributed by atoms with Crippen molar-refractivity contribution in [3.8, 4) is 22.8 Å². The van der Waals surface area contributed by atoms with Crippen LogP contribution < -0.4 is 0 Å². The van der Waals surface area contributed by atoms with Crippen molar-refractivity contribution in [3.05, 3.63) is 174 Å². The number of para-hydroxylation sites is 2. The Morgan fingerprint density at radius 1 is 0.472 bits per heavy atom. The Balaban J connectivity index is 1.13. The average molecular weight is 682 g/mol. The smallest absolute Gasteiger partial charge is 0.163 e. The Kier molecular flexibility index (Phi) is 6.38. The molecule has 250 valence electrons. The summed E-state index contributed by atoms with van der Waals surface area (Å²) in [4.78, 5) is 15.8. The SMILES string of the molecule is CC1(c2nc(-c3ccccc3)nc(-c3ccc4c(ccc5ccccc54)c3)n2)CC(c2ccc3oc4ccccc4c3c2)=Cc2oc3ccccc3c21. The quantitative estimate of drug-likeness (QED) is 0.173. The van der Waals surface area contributed by atoms with Crippen LogP contribution in [0.25, 0.3) is 88.9 Å². The molecule has 0 bridgehead atoms. The highest BCUT2D eigenvalue weighted by Gasteiger charge is 2.42. The lowest BCUT2D eigenvalue weighted by molar-refractivity contribution is 0.515. The van der Waals surface area contributed by atoms with E-state index >= 15 is 0 Å². The lowest BCUT2D eigenvalue weighted by Gasteiger charge is -2.33. The fourth-order valence-corrected chi connectivity index (χ4v) is 8.34. The minimum absolute atomic E-state index is 0.641. The molecule has 0 aliphatic heterocycles. The van der Waals surface area contributed by atoms with E-state index < -0.39 is 5.41 Å². The number of allylic oxidation sites excluding steroid dienone is 1. The van der Waals surface area contributed by atoms with E-state index in [9.17, 15) is 0 Å². The van der Waals surface area contributed by atoms with Gasteiger partial charge in [0.25, 0.3) is 0 Å². The summed E-state index contributed by atoms with van der Waals surface area (Å²) in [5.41, 5.74) is 7.17. The summed E-state index contributed by atoms with van der Waals surface area (Å²) in [5, 5.41) is 8.06. The molecule has 53 heavy (non-hydrogen) atoms. The van der Waals surface area contributed by atoms with Gasteiger partial charge in [-0.1, -0.05) is 121 Å². The van der Waals surface area contributed by atoms with Crippen LogP contribution in [0.3, 0.4) is 0 Å². The normalized spacial score (nSPS) is 15.8. The second kappa shape index (κ2) is 11.3. The van der Waals surface area contributed by atoms with Crippen LogP contribution in [0, 0.1) is 0 Å². The molecule has 0 spiro atoms. The van der Waals surface area contributed by atoms with E-state index in [1.807, 2.05) is 42.5 Å². The van der Waals surface area contributed by atoms with E-state index in [4.69, 9.17) is 23.8 Å². The first kappa shape index (κ1) is 29.8. The predicted octanol–water partition coefficient (Wildman–Crippen LogP) is 12.4. The van der Waals surface area contributed by atoms with Gasteiger partial charge in [-0.3, -0.25) is 0 Å². The topological polar surface area (TPSA) is 65.0 Å². The highest BCUT2D eigenvalue weighted by molar-refractivity contribution is 6.09. The van der Waals surface area contributed by atoms with Crippen LogP contribution >= 0.6 is 0 Å². The number of hydrogen-bond donors (Lipinski definition) is 0. The van der Waals surface area contributed by atoms with Crippen molar-refractivity contribution >= 4 is 66.1 Å². The Labute approximate surface area is 304 Å². The molecule has 5 nitrogen and oxygen atoms in total. The van der Waals surface area contributed by atoms with Crippen LogP contribution in [0.15, 0.2) is 160 Å². The zero-order chi connectivity index (χ0) is 35.1. The molecular weight excluding hydrogens is 651 g/mol. The molecule has 3 heterocycles. The van der Waals surface area contributed by atoms with Crippen LogP contribution in [-0.2, 0) is 5.41 Å². The zero-order valence-electron chi connectivity index (χ0n) is 28.9. The third kappa shape index (κ3) is 4.67. The van der Waals surface area contributed by atoms with Gasteiger partial charge in [0.05, 0.1) is 5.41 Å². The van der Waals surface area contributed by atoms with Crippen molar-refractivity contribution in [2.75, 3.05) is 0 Å². The van der Waals surface area contributed by atoms with Crippen LogP contribution in [0.5, 0.6) is 0 Å². The summed E-state index contributed by atoms with van der Waals surface area (Å²) in [6.45, 7) is 2.26. The number of nitrogens with zero attached hydrogens (tertiary/aromatic N) is 3. The fourth-order valence-electron chi connectivity index (χ4n) is 8.34. The lowest BCUT2D eigenvalue weighted by atomic mass is 9.70. The molecule has 11 rings (SSSR count). The molecule has 1 aliphatic rings. The van der Waals surface area contributed by atoms with Gasteiger partial charge in [-0.2, -0.15) is 0 Å². The Morgan fingerprint density at radius 3 is 1.96 bits per heavy atom. The Morgan fingerprint density at radius 2 is 1.11 bits per heavy atom. The Hall–Kier alpha value is -6.85. The van der Waals surface area contributed by atoms with E-state index in [1.54, 1.807) is 0 Å². The zero-order valence-corrected chi connectivity index (χ0v) is 28.9. The summed E-state index contributed by atoms with van der Waals surface area (Å²) in [7, 11) is 0. The van der Waals surface area contributed by atoms with Gasteiger partial charge in [0, 0.05) is 32.8 Å². The van der Waals surface area contributed by atoms with Crippen LogP contribution in [0.1, 0.15) is 36.1 Å². The second-order valence-electron chi connectivity index (χ2n) is 14.2. The van der Waals surface area contributed by atoms with Crippen molar-refractivity contribution in [1.82, 2.24) is 15.0 Å². The largest absolute Gasteiger partial charge is 0.456 e. The predicted molar refractivity (Wildman–Crippen MR) is 215 cm³/mol. The van der Waals surface area contributed by atoms with Gasteiger partial charge in [-0.05, 0) is 82.4 Å². The molecule has 1 unspecified atom stereocenters. The summed E-state index contributed by atoms with van der Waals surface area (Å²) in [5.74, 6) is 2.81. The van der Waals surface area contributed by atoms with Crippen molar-refractivity contribution in [2.24, 2.45) is 0 Å². The van der Waals surface area contributed by atoms with Gasteiger partial charge < -0.3 is 8.83 Å². The van der Waals surface area contributed by atoms with Crippen molar-refractivity contribution in [2.45, 2.75) is 18.8 Å². The molecule has 1 atom stereocenters. The molecule has 0 amide bonds. The van der Waals surface area contributed by atoms with Crippen LogP contribution in [0.2, 0.25) is 0 Å². The highest BCUT2D eigenvalue weighted by atomic mass is 16.3. The third-order valence-electron chi connectivity index (χ3n) is 10.9. The molecule has 5 heteroatoms. The summed E-state index contributed by atoms with van der Waals surface area (Å²) >= 11 is 0. The van der Waals surface area contributed by atoms with Crippen molar-refractivity contribution in [1.29, 1.82) is 0 Å². The van der Waals surface area contributed by atoms with Crippen LogP contribution in [-0.4, -0.2) is 15.0 Å². The van der Waals surface area contributed by atoms with E-state index in [0.717, 1.165) is 71.9 Å². The summed E-state index contributed by atoms with van der Waals surface area (Å²) in [6.07, 6.45) is 2.86. The van der Waals surface area contributed by atoms with Gasteiger partial charge in [0.1, 0.15) is 28.3 Å². The first-order valence-electron chi connectivity index (χ1n) is 18.0. The maximum Gasteiger partial charge on any atom is 0.163 e. The Bertz CT molecular complexity index is 3120. The molecule has 0 fully saturated rings. The first-order chi connectivity index (χ1) is 26.1. The molecule has 3 aromatic heterocycles. The van der Waals surface area contributed by atoms with E-state index in [2.05, 4.69) is 122 Å². The average Bonchev–Trinajstić information content (AvgIpc) is 3.79. The standard InChI is InChI=1S/C48H31N3O2/c1-48(28-34(27-43-44(48)38-16-8-10-18-41(38)53-43)31-22-24-42-39(26-31)37-15-7-9-17-40(37)52-42)47-50-45(30-12-3-2-4-13-30)49-46(51-47)33-21-23-36-32(25-33)20-19-29-11-5-6-14-35(29)36/h2-27H,28H2,1H3. The van der Waals surface area contributed by atoms with Gasteiger partial charge >= 0.3 is 0 Å². The lowest BCUT2D eigenvalue weighted by Crippen LogP contribution is -2.30. The van der Waals surface area contributed by atoms with Gasteiger partial charge in [0.15, 0.2) is 11.6 Å². The number of benzene rings is 7.